The first kappa shape index (κ1) is 17.2. The van der Waals surface area contributed by atoms with E-state index in [2.05, 4.69) is 22.1 Å². The molecule has 4 aromatic heterocycles. The van der Waals surface area contributed by atoms with Crippen LogP contribution in [0.2, 0.25) is 0 Å². The average Bonchev–Trinajstić information content (AvgIpc) is 3.40. The molecule has 1 atom stereocenters. The van der Waals surface area contributed by atoms with Crippen molar-refractivity contribution in [3.8, 4) is 0 Å². The van der Waals surface area contributed by atoms with Crippen molar-refractivity contribution < 1.29 is 4.92 Å². The van der Waals surface area contributed by atoms with Crippen molar-refractivity contribution in [3.05, 3.63) is 45.1 Å². The Bertz CT molecular complexity index is 1190. The van der Waals surface area contributed by atoms with E-state index in [9.17, 15) is 10.1 Å². The number of nitro groups is 1. The van der Waals surface area contributed by atoms with E-state index in [1.165, 1.54) is 35.7 Å². The van der Waals surface area contributed by atoms with Gasteiger partial charge in [0, 0.05) is 17.8 Å². The Hall–Kier alpha value is -2.88. The number of aromatic nitrogens is 6. The molecule has 0 amide bonds. The van der Waals surface area contributed by atoms with Crippen LogP contribution in [0, 0.1) is 16.0 Å². The van der Waals surface area contributed by atoms with Crippen molar-refractivity contribution in [2.24, 2.45) is 5.92 Å². The average molecular weight is 397 g/mol. The van der Waals surface area contributed by atoms with Gasteiger partial charge in [-0.15, -0.1) is 16.4 Å². The molecule has 9 nitrogen and oxygen atoms in total. The van der Waals surface area contributed by atoms with E-state index in [4.69, 9.17) is 4.98 Å². The highest BCUT2D eigenvalue weighted by Gasteiger charge is 2.24. The normalized spacial score (nSPS) is 16.7. The largest absolute Gasteiger partial charge is 0.306 e. The van der Waals surface area contributed by atoms with E-state index < -0.39 is 4.92 Å². The molecule has 0 radical (unpaired) electrons. The van der Waals surface area contributed by atoms with Gasteiger partial charge in [-0.25, -0.2) is 14.5 Å². The van der Waals surface area contributed by atoms with Crippen molar-refractivity contribution in [2.45, 2.75) is 45.6 Å². The molecule has 0 aliphatic heterocycles. The van der Waals surface area contributed by atoms with Crippen LogP contribution in [0.5, 0.6) is 0 Å². The topological polar surface area (TPSA) is 104 Å². The van der Waals surface area contributed by atoms with Crippen LogP contribution in [0.1, 0.15) is 36.0 Å². The SMILES string of the molecule is CC[C@@H]1CCc2c(sc3ncn4nc(CCn5cc([N+](=O)[O-])cn5)nc4c23)C1. The Morgan fingerprint density at radius 2 is 2.32 bits per heavy atom. The maximum absolute atomic E-state index is 10.8. The summed E-state index contributed by atoms with van der Waals surface area (Å²) in [5.74, 6) is 1.46. The lowest BCUT2D eigenvalue weighted by Crippen LogP contribution is -2.11. The molecule has 144 valence electrons. The van der Waals surface area contributed by atoms with E-state index in [1.54, 1.807) is 26.9 Å². The summed E-state index contributed by atoms with van der Waals surface area (Å²) < 4.78 is 3.30. The molecule has 0 bridgehead atoms. The number of hydrogen-bond donors (Lipinski definition) is 0. The van der Waals surface area contributed by atoms with E-state index in [-0.39, 0.29) is 5.69 Å². The summed E-state index contributed by atoms with van der Waals surface area (Å²) in [5.41, 5.74) is 2.24. The summed E-state index contributed by atoms with van der Waals surface area (Å²) in [4.78, 5) is 22.2. The van der Waals surface area contributed by atoms with Crippen molar-refractivity contribution in [1.29, 1.82) is 0 Å². The molecule has 0 spiro atoms. The monoisotopic (exact) mass is 397 g/mol. The summed E-state index contributed by atoms with van der Waals surface area (Å²) in [6.45, 7) is 2.75. The Labute approximate surface area is 164 Å². The molecule has 0 saturated heterocycles. The van der Waals surface area contributed by atoms with Crippen LogP contribution < -0.4 is 0 Å². The fourth-order valence-corrected chi connectivity index (χ4v) is 5.22. The molecule has 0 unspecified atom stereocenters. The highest BCUT2D eigenvalue weighted by Crippen LogP contribution is 2.39. The molecule has 10 heteroatoms. The minimum Gasteiger partial charge on any atom is -0.265 e. The Morgan fingerprint density at radius 1 is 1.43 bits per heavy atom. The van der Waals surface area contributed by atoms with Gasteiger partial charge in [-0.3, -0.25) is 14.8 Å². The van der Waals surface area contributed by atoms with Gasteiger partial charge >= 0.3 is 5.69 Å². The van der Waals surface area contributed by atoms with Crippen molar-refractivity contribution in [2.75, 3.05) is 0 Å². The van der Waals surface area contributed by atoms with Crippen LogP contribution in [-0.2, 0) is 25.8 Å². The molecule has 0 N–H and O–H groups in total. The molecule has 0 fully saturated rings. The third kappa shape index (κ3) is 2.84. The maximum Gasteiger partial charge on any atom is 0.306 e. The van der Waals surface area contributed by atoms with Crippen molar-refractivity contribution in [3.63, 3.8) is 0 Å². The van der Waals surface area contributed by atoms with Gasteiger partial charge in [0.25, 0.3) is 0 Å². The summed E-state index contributed by atoms with van der Waals surface area (Å²) >= 11 is 1.79. The number of aryl methyl sites for hydroxylation is 3. The molecule has 4 aromatic rings. The van der Waals surface area contributed by atoms with Crippen LogP contribution in [-0.4, -0.2) is 34.3 Å². The fourth-order valence-electron chi connectivity index (χ4n) is 3.93. The molecule has 0 saturated carbocycles. The molecule has 4 heterocycles. The van der Waals surface area contributed by atoms with Gasteiger partial charge in [0.15, 0.2) is 11.5 Å². The summed E-state index contributed by atoms with van der Waals surface area (Å²) in [5, 5.41) is 20.5. The Morgan fingerprint density at radius 3 is 3.11 bits per heavy atom. The molecule has 5 rings (SSSR count). The molecular weight excluding hydrogens is 378 g/mol. The van der Waals surface area contributed by atoms with Gasteiger partial charge in [0.1, 0.15) is 23.6 Å². The molecule has 0 aromatic carbocycles. The van der Waals surface area contributed by atoms with Crippen molar-refractivity contribution in [1.82, 2.24) is 29.4 Å². The standard InChI is InChI=1S/C18H19N7O2S/c1-2-11-3-4-13-14(7-11)28-18-16(13)17-21-15(22-24(17)10-19-18)5-6-23-9-12(8-20-23)25(26)27/h8-11H,2-7H2,1H3/t11-/m1/s1. The van der Waals surface area contributed by atoms with Gasteiger partial charge in [-0.1, -0.05) is 13.3 Å². The van der Waals surface area contributed by atoms with Crippen LogP contribution in [0.3, 0.4) is 0 Å². The number of thiophene rings is 1. The van der Waals surface area contributed by atoms with Crippen LogP contribution in [0.25, 0.3) is 15.9 Å². The number of rotatable bonds is 5. The first-order valence-corrected chi connectivity index (χ1v) is 10.3. The quantitative estimate of drug-likeness (QED) is 0.378. The zero-order chi connectivity index (χ0) is 19.3. The highest BCUT2D eigenvalue weighted by molar-refractivity contribution is 7.19. The van der Waals surface area contributed by atoms with E-state index in [0.717, 1.165) is 34.6 Å². The number of fused-ring (bicyclic) bond motifs is 5. The Kier molecular flexibility index (Phi) is 4.08. The third-order valence-electron chi connectivity index (χ3n) is 5.50. The van der Waals surface area contributed by atoms with Crippen LogP contribution >= 0.6 is 11.3 Å². The van der Waals surface area contributed by atoms with E-state index in [1.807, 2.05) is 0 Å². The molecular formula is C18H19N7O2S. The highest BCUT2D eigenvalue weighted by atomic mass is 32.1. The summed E-state index contributed by atoms with van der Waals surface area (Å²) in [6, 6.07) is 0. The van der Waals surface area contributed by atoms with Crippen LogP contribution in [0.15, 0.2) is 18.7 Å². The second-order valence-corrected chi connectivity index (χ2v) is 8.29. The van der Waals surface area contributed by atoms with Gasteiger partial charge in [-0.2, -0.15) is 5.10 Å². The van der Waals surface area contributed by atoms with Gasteiger partial charge < -0.3 is 0 Å². The lowest BCUT2D eigenvalue weighted by atomic mass is 9.86. The minimum absolute atomic E-state index is 0.0100. The smallest absolute Gasteiger partial charge is 0.265 e. The van der Waals surface area contributed by atoms with E-state index in [0.29, 0.717) is 18.8 Å². The Balaban J connectivity index is 1.46. The van der Waals surface area contributed by atoms with E-state index >= 15 is 0 Å². The maximum atomic E-state index is 10.8. The molecule has 1 aliphatic rings. The van der Waals surface area contributed by atoms with Gasteiger partial charge in [0.2, 0.25) is 0 Å². The molecule has 28 heavy (non-hydrogen) atoms. The lowest BCUT2D eigenvalue weighted by molar-refractivity contribution is -0.385. The first-order valence-electron chi connectivity index (χ1n) is 9.43. The second-order valence-electron chi connectivity index (χ2n) is 7.21. The van der Waals surface area contributed by atoms with Crippen molar-refractivity contribution >= 4 is 32.9 Å². The molecule has 1 aliphatic carbocycles. The number of hydrogen-bond acceptors (Lipinski definition) is 7. The first-order chi connectivity index (χ1) is 13.6. The third-order valence-corrected chi connectivity index (χ3v) is 6.67. The lowest BCUT2D eigenvalue weighted by Gasteiger charge is -2.20. The summed E-state index contributed by atoms with van der Waals surface area (Å²) in [7, 11) is 0. The number of nitrogens with zero attached hydrogens (tertiary/aromatic N) is 7. The van der Waals surface area contributed by atoms with Gasteiger partial charge in [-0.05, 0) is 30.7 Å². The fraction of sp³-hybridized carbons (Fsp3) is 0.444. The zero-order valence-corrected chi connectivity index (χ0v) is 16.2. The second kappa shape index (κ2) is 6.62. The predicted molar refractivity (Wildman–Crippen MR) is 105 cm³/mol. The van der Waals surface area contributed by atoms with Gasteiger partial charge in [0.05, 0.1) is 10.3 Å². The zero-order valence-electron chi connectivity index (χ0n) is 15.4. The van der Waals surface area contributed by atoms with Crippen LogP contribution in [0.4, 0.5) is 5.69 Å². The minimum atomic E-state index is -0.447. The summed E-state index contributed by atoms with van der Waals surface area (Å²) in [6.07, 6.45) is 9.61. The predicted octanol–water partition coefficient (Wildman–Crippen LogP) is 3.20.